The summed E-state index contributed by atoms with van der Waals surface area (Å²) in [5, 5.41) is 0.466. The van der Waals surface area contributed by atoms with Crippen LogP contribution in [0.1, 0.15) is 16.8 Å². The van der Waals surface area contributed by atoms with E-state index in [9.17, 15) is 22.0 Å². The maximum atomic E-state index is 13.5. The summed E-state index contributed by atoms with van der Waals surface area (Å²) in [6.45, 7) is 0.232. The quantitative estimate of drug-likeness (QED) is 0.459. The predicted molar refractivity (Wildman–Crippen MR) is 118 cm³/mol. The Morgan fingerprint density at radius 2 is 1.41 bits per heavy atom. The third kappa shape index (κ3) is 4.40. The van der Waals surface area contributed by atoms with Crippen molar-refractivity contribution < 1.29 is 22.0 Å². The number of nitrogens with two attached hydrogens (primary N) is 1. The van der Waals surface area contributed by atoms with Gasteiger partial charge >= 0.3 is 0 Å². The molecule has 0 atom stereocenters. The van der Waals surface area contributed by atoms with E-state index in [4.69, 9.17) is 5.73 Å². The van der Waals surface area contributed by atoms with E-state index in [2.05, 4.69) is 0 Å². The molecule has 1 aromatic heterocycles. The Labute approximate surface area is 184 Å². The van der Waals surface area contributed by atoms with Gasteiger partial charge in [0, 0.05) is 23.1 Å². The Kier molecular flexibility index (Phi) is 5.80. The van der Waals surface area contributed by atoms with Crippen molar-refractivity contribution in [2.24, 2.45) is 5.73 Å². The van der Waals surface area contributed by atoms with Crippen LogP contribution in [0.25, 0.3) is 10.9 Å². The Morgan fingerprint density at radius 1 is 0.844 bits per heavy atom. The van der Waals surface area contributed by atoms with Gasteiger partial charge in [-0.1, -0.05) is 42.5 Å². The zero-order valence-electron chi connectivity index (χ0n) is 17.0. The first kappa shape index (κ1) is 21.7. The maximum Gasteiger partial charge on any atom is 0.223 e. The SMILES string of the molecule is NC(=O)Cc1c(S(=O)(=O)Cc2ccc(F)cc2)c2ccccc2n1Cc1ccc(F)cc1. The Hall–Kier alpha value is -3.52. The lowest BCUT2D eigenvalue weighted by Gasteiger charge is -2.12. The first-order chi connectivity index (χ1) is 15.2. The van der Waals surface area contributed by atoms with Gasteiger partial charge in [-0.3, -0.25) is 4.79 Å². The van der Waals surface area contributed by atoms with Crippen molar-refractivity contribution in [2.45, 2.75) is 23.6 Å². The molecule has 0 unspecified atom stereocenters. The number of benzene rings is 3. The van der Waals surface area contributed by atoms with Gasteiger partial charge in [-0.2, -0.15) is 0 Å². The van der Waals surface area contributed by atoms with E-state index in [1.807, 2.05) is 0 Å². The number of carbonyl (C=O) groups excluding carboxylic acids is 1. The fraction of sp³-hybridized carbons (Fsp3) is 0.125. The van der Waals surface area contributed by atoms with Crippen molar-refractivity contribution in [3.8, 4) is 0 Å². The number of carbonyl (C=O) groups is 1. The summed E-state index contributed by atoms with van der Waals surface area (Å²) in [6.07, 6.45) is -0.284. The molecular formula is C24H20F2N2O3S. The number of hydrogen-bond donors (Lipinski definition) is 1. The van der Waals surface area contributed by atoms with E-state index < -0.39 is 21.6 Å². The van der Waals surface area contributed by atoms with E-state index in [0.29, 0.717) is 16.5 Å². The Bertz CT molecular complexity index is 1390. The number of fused-ring (bicyclic) bond motifs is 1. The lowest BCUT2D eigenvalue weighted by Crippen LogP contribution is -2.19. The molecule has 3 aromatic carbocycles. The van der Waals surface area contributed by atoms with Crippen LogP contribution in [0.15, 0.2) is 77.7 Å². The summed E-state index contributed by atoms with van der Waals surface area (Å²) in [5.41, 5.74) is 7.52. The van der Waals surface area contributed by atoms with Gasteiger partial charge in [0.25, 0.3) is 0 Å². The fourth-order valence-corrected chi connectivity index (χ4v) is 5.66. The van der Waals surface area contributed by atoms with Gasteiger partial charge in [0.2, 0.25) is 5.91 Å². The normalized spacial score (nSPS) is 11.7. The molecule has 2 N–H and O–H groups in total. The number of nitrogens with zero attached hydrogens (tertiary/aromatic N) is 1. The molecule has 0 aliphatic carbocycles. The molecule has 0 saturated carbocycles. The first-order valence-electron chi connectivity index (χ1n) is 9.84. The fourth-order valence-electron chi connectivity index (χ4n) is 3.84. The number of para-hydroxylation sites is 1. The zero-order chi connectivity index (χ0) is 22.9. The molecule has 1 amide bonds. The molecule has 0 radical (unpaired) electrons. The van der Waals surface area contributed by atoms with Crippen LogP contribution in [0.2, 0.25) is 0 Å². The second-order valence-corrected chi connectivity index (χ2v) is 9.46. The average molecular weight is 454 g/mol. The third-order valence-corrected chi connectivity index (χ3v) is 6.99. The minimum atomic E-state index is -3.92. The average Bonchev–Trinajstić information content (AvgIpc) is 3.04. The highest BCUT2D eigenvalue weighted by atomic mass is 32.2. The summed E-state index contributed by atoms with van der Waals surface area (Å²) < 4.78 is 55.4. The van der Waals surface area contributed by atoms with Crippen LogP contribution >= 0.6 is 0 Å². The largest absolute Gasteiger partial charge is 0.369 e. The van der Waals surface area contributed by atoms with Crippen molar-refractivity contribution >= 4 is 26.6 Å². The van der Waals surface area contributed by atoms with Gasteiger partial charge in [0.1, 0.15) is 11.6 Å². The zero-order valence-corrected chi connectivity index (χ0v) is 17.8. The number of amides is 1. The lowest BCUT2D eigenvalue weighted by atomic mass is 10.2. The van der Waals surface area contributed by atoms with Crippen LogP contribution in [0.3, 0.4) is 0 Å². The van der Waals surface area contributed by atoms with Crippen LogP contribution in [0, 0.1) is 11.6 Å². The first-order valence-corrected chi connectivity index (χ1v) is 11.5. The van der Waals surface area contributed by atoms with E-state index in [1.54, 1.807) is 41.0 Å². The molecule has 4 aromatic rings. The van der Waals surface area contributed by atoms with Gasteiger partial charge in [0.15, 0.2) is 9.84 Å². The maximum absolute atomic E-state index is 13.5. The van der Waals surface area contributed by atoms with Crippen molar-refractivity contribution in [2.75, 3.05) is 0 Å². The van der Waals surface area contributed by atoms with Gasteiger partial charge in [-0.15, -0.1) is 0 Å². The molecule has 0 fully saturated rings. The summed E-state index contributed by atoms with van der Waals surface area (Å²) >= 11 is 0. The van der Waals surface area contributed by atoms with E-state index >= 15 is 0 Å². The van der Waals surface area contributed by atoms with Crippen molar-refractivity contribution in [3.63, 3.8) is 0 Å². The predicted octanol–water partition coefficient (Wildman–Crippen LogP) is 3.97. The molecule has 0 aliphatic rings. The molecule has 0 saturated heterocycles. The number of hydrogen-bond acceptors (Lipinski definition) is 3. The molecule has 8 heteroatoms. The Balaban J connectivity index is 1.90. The number of rotatable bonds is 7. The van der Waals surface area contributed by atoms with Crippen LogP contribution in [-0.2, 0) is 33.4 Å². The highest BCUT2D eigenvalue weighted by Crippen LogP contribution is 2.33. The van der Waals surface area contributed by atoms with Crippen LogP contribution in [0.4, 0.5) is 8.78 Å². The Morgan fingerprint density at radius 3 is 2.00 bits per heavy atom. The molecule has 1 heterocycles. The van der Waals surface area contributed by atoms with Gasteiger partial charge in [-0.05, 0) is 41.5 Å². The summed E-state index contributed by atoms with van der Waals surface area (Å²) in [4.78, 5) is 11.9. The number of sulfone groups is 1. The highest BCUT2D eigenvalue weighted by Gasteiger charge is 2.28. The van der Waals surface area contributed by atoms with Crippen LogP contribution in [0.5, 0.6) is 0 Å². The van der Waals surface area contributed by atoms with Crippen molar-refractivity contribution in [1.82, 2.24) is 4.57 Å². The van der Waals surface area contributed by atoms with Gasteiger partial charge in [0.05, 0.1) is 17.1 Å². The van der Waals surface area contributed by atoms with Crippen molar-refractivity contribution in [1.29, 1.82) is 0 Å². The van der Waals surface area contributed by atoms with Gasteiger partial charge < -0.3 is 10.3 Å². The minimum absolute atomic E-state index is 0.0262. The van der Waals surface area contributed by atoms with E-state index in [-0.39, 0.29) is 35.1 Å². The number of halogens is 2. The van der Waals surface area contributed by atoms with Gasteiger partial charge in [-0.25, -0.2) is 17.2 Å². The number of aromatic nitrogens is 1. The molecule has 164 valence electrons. The van der Waals surface area contributed by atoms with Crippen LogP contribution < -0.4 is 5.73 Å². The number of primary amides is 1. The highest BCUT2D eigenvalue weighted by molar-refractivity contribution is 7.91. The molecule has 0 bridgehead atoms. The topological polar surface area (TPSA) is 82.2 Å². The third-order valence-electron chi connectivity index (χ3n) is 5.20. The summed E-state index contributed by atoms with van der Waals surface area (Å²) in [6, 6.07) is 18.0. The monoisotopic (exact) mass is 454 g/mol. The van der Waals surface area contributed by atoms with Crippen LogP contribution in [-0.4, -0.2) is 18.9 Å². The standard InChI is InChI=1S/C24H20F2N2O3S/c25-18-9-5-16(6-10-18)14-28-21-4-2-1-3-20(21)24(22(28)13-23(27)29)32(30,31)15-17-7-11-19(26)12-8-17/h1-12H,13-15H2,(H2,27,29). The summed E-state index contributed by atoms with van der Waals surface area (Å²) in [5.74, 6) is -1.88. The van der Waals surface area contributed by atoms with E-state index in [1.165, 1.54) is 36.4 Å². The lowest BCUT2D eigenvalue weighted by molar-refractivity contribution is -0.117. The minimum Gasteiger partial charge on any atom is -0.369 e. The molecule has 32 heavy (non-hydrogen) atoms. The molecule has 4 rings (SSSR count). The molecular weight excluding hydrogens is 434 g/mol. The molecule has 0 aliphatic heterocycles. The molecule has 0 spiro atoms. The second kappa shape index (κ2) is 8.55. The van der Waals surface area contributed by atoms with E-state index in [0.717, 1.165) is 5.56 Å². The summed E-state index contributed by atoms with van der Waals surface area (Å²) in [7, 11) is -3.92. The second-order valence-electron chi connectivity index (χ2n) is 7.53. The smallest absolute Gasteiger partial charge is 0.223 e. The van der Waals surface area contributed by atoms with Crippen molar-refractivity contribution in [3.05, 3.63) is 101 Å². The molecule has 5 nitrogen and oxygen atoms in total.